The Labute approximate surface area is 125 Å². The van der Waals surface area contributed by atoms with Gasteiger partial charge in [-0.25, -0.2) is 0 Å². The first-order valence-corrected chi connectivity index (χ1v) is 7.85. The van der Waals surface area contributed by atoms with E-state index >= 15 is 0 Å². The second-order valence-electron chi connectivity index (χ2n) is 6.21. The van der Waals surface area contributed by atoms with Gasteiger partial charge in [0.05, 0.1) is 0 Å². The normalized spacial score (nSPS) is 17.8. The summed E-state index contributed by atoms with van der Waals surface area (Å²) in [5.41, 5.74) is 7.41. The maximum absolute atomic E-state index is 6.03. The van der Waals surface area contributed by atoms with E-state index in [1.54, 1.807) is 0 Å². The molecule has 4 heteroatoms. The monoisotopic (exact) mass is 285 g/mol. The Balaban J connectivity index is 1.67. The summed E-state index contributed by atoms with van der Waals surface area (Å²) in [5.74, 6) is 1.51. The fourth-order valence-electron chi connectivity index (χ4n) is 3.29. The van der Waals surface area contributed by atoms with Gasteiger partial charge in [0.15, 0.2) is 5.82 Å². The zero-order valence-electron chi connectivity index (χ0n) is 12.4. The van der Waals surface area contributed by atoms with E-state index in [-0.39, 0.29) is 5.41 Å². The van der Waals surface area contributed by atoms with E-state index in [1.807, 2.05) is 18.2 Å². The van der Waals surface area contributed by atoms with Gasteiger partial charge in [0, 0.05) is 12.8 Å². The van der Waals surface area contributed by atoms with E-state index in [9.17, 15) is 0 Å². The van der Waals surface area contributed by atoms with Crippen LogP contribution in [0.2, 0.25) is 0 Å². The second kappa shape index (κ2) is 6.39. The number of aromatic nitrogens is 2. The molecule has 112 valence electrons. The summed E-state index contributed by atoms with van der Waals surface area (Å²) in [4.78, 5) is 4.56. The number of hydrogen-bond donors (Lipinski definition) is 1. The van der Waals surface area contributed by atoms with Crippen molar-refractivity contribution < 1.29 is 4.52 Å². The van der Waals surface area contributed by atoms with Gasteiger partial charge in [-0.05, 0) is 30.4 Å². The third-order valence-corrected chi connectivity index (χ3v) is 4.59. The van der Waals surface area contributed by atoms with Crippen molar-refractivity contribution in [2.24, 2.45) is 11.1 Å². The van der Waals surface area contributed by atoms with E-state index < -0.39 is 0 Å². The average Bonchev–Trinajstić information content (AvgIpc) is 2.96. The molecule has 2 N–H and O–H groups in total. The molecule has 1 fully saturated rings. The molecule has 0 saturated heterocycles. The Kier molecular flexibility index (Phi) is 4.34. The molecule has 21 heavy (non-hydrogen) atoms. The maximum atomic E-state index is 6.03. The molecule has 4 nitrogen and oxygen atoms in total. The second-order valence-corrected chi connectivity index (χ2v) is 6.21. The first-order chi connectivity index (χ1) is 10.3. The third kappa shape index (κ3) is 3.50. The van der Waals surface area contributed by atoms with E-state index in [4.69, 9.17) is 10.3 Å². The summed E-state index contributed by atoms with van der Waals surface area (Å²) in [5, 5.41) is 4.12. The van der Waals surface area contributed by atoms with Gasteiger partial charge in [-0.3, -0.25) is 0 Å². The minimum Gasteiger partial charge on any atom is -0.339 e. The summed E-state index contributed by atoms with van der Waals surface area (Å²) in [6.07, 6.45) is 7.76. The smallest absolute Gasteiger partial charge is 0.227 e. The van der Waals surface area contributed by atoms with Crippen LogP contribution in [0.5, 0.6) is 0 Å². The van der Waals surface area contributed by atoms with Crippen LogP contribution in [0.25, 0.3) is 0 Å². The molecule has 1 aromatic carbocycles. The van der Waals surface area contributed by atoms with Crippen molar-refractivity contribution in [3.63, 3.8) is 0 Å². The van der Waals surface area contributed by atoms with Crippen molar-refractivity contribution in [3.8, 4) is 0 Å². The van der Waals surface area contributed by atoms with Crippen LogP contribution in [0.4, 0.5) is 0 Å². The van der Waals surface area contributed by atoms with Crippen LogP contribution in [-0.4, -0.2) is 16.7 Å². The molecule has 0 bridgehead atoms. The SMILES string of the molecule is NCC1(Cc2nc(Cc3ccccc3)no2)CCCCC1. The van der Waals surface area contributed by atoms with E-state index in [1.165, 1.54) is 37.7 Å². The van der Waals surface area contributed by atoms with Gasteiger partial charge in [-0.2, -0.15) is 4.98 Å². The predicted molar refractivity (Wildman–Crippen MR) is 81.8 cm³/mol. The molecule has 0 amide bonds. The van der Waals surface area contributed by atoms with Crippen LogP contribution < -0.4 is 5.73 Å². The lowest BCUT2D eigenvalue weighted by Crippen LogP contribution is -2.35. The summed E-state index contributed by atoms with van der Waals surface area (Å²) in [6, 6.07) is 10.2. The van der Waals surface area contributed by atoms with Crippen LogP contribution in [-0.2, 0) is 12.8 Å². The molecule has 3 rings (SSSR count). The van der Waals surface area contributed by atoms with Crippen molar-refractivity contribution in [2.75, 3.05) is 6.54 Å². The largest absolute Gasteiger partial charge is 0.339 e. The average molecular weight is 285 g/mol. The molecule has 2 aromatic rings. The van der Waals surface area contributed by atoms with Gasteiger partial charge in [-0.15, -0.1) is 0 Å². The Bertz CT molecular complexity index is 558. The molecule has 0 spiro atoms. The molecule has 1 aliphatic carbocycles. The maximum Gasteiger partial charge on any atom is 0.227 e. The van der Waals surface area contributed by atoms with Gasteiger partial charge in [0.25, 0.3) is 0 Å². The van der Waals surface area contributed by atoms with Crippen molar-refractivity contribution >= 4 is 0 Å². The van der Waals surface area contributed by atoms with Crippen LogP contribution in [0.1, 0.15) is 49.4 Å². The highest BCUT2D eigenvalue weighted by Crippen LogP contribution is 2.38. The highest BCUT2D eigenvalue weighted by molar-refractivity contribution is 5.18. The van der Waals surface area contributed by atoms with Crippen molar-refractivity contribution in [1.82, 2.24) is 10.1 Å². The van der Waals surface area contributed by atoms with E-state index in [0.717, 1.165) is 24.6 Å². The highest BCUT2D eigenvalue weighted by Gasteiger charge is 2.32. The third-order valence-electron chi connectivity index (χ3n) is 4.59. The summed E-state index contributed by atoms with van der Waals surface area (Å²) in [7, 11) is 0. The molecule has 0 aliphatic heterocycles. The summed E-state index contributed by atoms with van der Waals surface area (Å²) >= 11 is 0. The first-order valence-electron chi connectivity index (χ1n) is 7.85. The Morgan fingerprint density at radius 1 is 1.10 bits per heavy atom. The molecule has 0 radical (unpaired) electrons. The fourth-order valence-corrected chi connectivity index (χ4v) is 3.29. The summed E-state index contributed by atoms with van der Waals surface area (Å²) < 4.78 is 5.45. The zero-order chi connectivity index (χ0) is 14.5. The molecule has 1 aromatic heterocycles. The molecule has 1 saturated carbocycles. The molecule has 0 unspecified atom stereocenters. The number of benzene rings is 1. The quantitative estimate of drug-likeness (QED) is 0.916. The topological polar surface area (TPSA) is 64.9 Å². The minimum absolute atomic E-state index is 0.175. The van der Waals surface area contributed by atoms with Gasteiger partial charge >= 0.3 is 0 Å². The Morgan fingerprint density at radius 3 is 2.57 bits per heavy atom. The molecule has 1 heterocycles. The number of nitrogens with zero attached hydrogens (tertiary/aromatic N) is 2. The predicted octanol–water partition coefficient (Wildman–Crippen LogP) is 3.11. The number of nitrogens with two attached hydrogens (primary N) is 1. The van der Waals surface area contributed by atoms with Crippen molar-refractivity contribution in [2.45, 2.75) is 44.9 Å². The van der Waals surface area contributed by atoms with E-state index in [0.29, 0.717) is 6.54 Å². The van der Waals surface area contributed by atoms with Crippen molar-refractivity contribution in [3.05, 3.63) is 47.6 Å². The minimum atomic E-state index is 0.175. The number of hydrogen-bond acceptors (Lipinski definition) is 4. The molecule has 1 aliphatic rings. The van der Waals surface area contributed by atoms with Gasteiger partial charge in [0.2, 0.25) is 5.89 Å². The standard InChI is InChI=1S/C17H23N3O/c18-13-17(9-5-2-6-10-17)12-16-19-15(20-21-16)11-14-7-3-1-4-8-14/h1,3-4,7-8H,2,5-6,9-13,18H2. The lowest BCUT2D eigenvalue weighted by molar-refractivity contribution is 0.177. The lowest BCUT2D eigenvalue weighted by Gasteiger charge is -2.34. The highest BCUT2D eigenvalue weighted by atomic mass is 16.5. The van der Waals surface area contributed by atoms with E-state index in [2.05, 4.69) is 22.3 Å². The first kappa shape index (κ1) is 14.3. The lowest BCUT2D eigenvalue weighted by atomic mass is 9.72. The number of rotatable bonds is 5. The van der Waals surface area contributed by atoms with Crippen LogP contribution >= 0.6 is 0 Å². The van der Waals surface area contributed by atoms with Gasteiger partial charge < -0.3 is 10.3 Å². The molecular weight excluding hydrogens is 262 g/mol. The Morgan fingerprint density at radius 2 is 1.86 bits per heavy atom. The van der Waals surface area contributed by atoms with Crippen molar-refractivity contribution in [1.29, 1.82) is 0 Å². The van der Waals surface area contributed by atoms with Crippen LogP contribution in [0.15, 0.2) is 34.9 Å². The van der Waals surface area contributed by atoms with Gasteiger partial charge in [0.1, 0.15) is 0 Å². The van der Waals surface area contributed by atoms with Crippen LogP contribution in [0.3, 0.4) is 0 Å². The fraction of sp³-hybridized carbons (Fsp3) is 0.529. The van der Waals surface area contributed by atoms with Gasteiger partial charge in [-0.1, -0.05) is 54.8 Å². The van der Waals surface area contributed by atoms with Crippen LogP contribution in [0, 0.1) is 5.41 Å². The Hall–Kier alpha value is -1.68. The zero-order valence-corrected chi connectivity index (χ0v) is 12.4. The molecular formula is C17H23N3O. The summed E-state index contributed by atoms with van der Waals surface area (Å²) in [6.45, 7) is 0.712. The molecule has 0 atom stereocenters.